The van der Waals surface area contributed by atoms with Crippen molar-refractivity contribution in [3.8, 4) is 11.1 Å². The zero-order chi connectivity index (χ0) is 22.1. The number of amides is 2. The summed E-state index contributed by atoms with van der Waals surface area (Å²) in [4.78, 5) is 24.0. The Morgan fingerprint density at radius 2 is 1.88 bits per heavy atom. The molecule has 0 radical (unpaired) electrons. The van der Waals surface area contributed by atoms with E-state index in [1.54, 1.807) is 6.07 Å². The molecule has 0 aromatic carbocycles. The molecule has 3 aromatic heterocycles. The first kappa shape index (κ1) is 20.9. The average molecular weight is 434 g/mol. The van der Waals surface area contributed by atoms with E-state index in [-0.39, 0.29) is 11.6 Å². The van der Waals surface area contributed by atoms with Crippen LogP contribution in [-0.4, -0.2) is 56.4 Å². The van der Waals surface area contributed by atoms with Gasteiger partial charge in [-0.15, -0.1) is 0 Å². The third-order valence-corrected chi connectivity index (χ3v) is 6.90. The minimum Gasteiger partial charge on any atom is -0.333 e. The first-order valence-corrected chi connectivity index (χ1v) is 11.6. The van der Waals surface area contributed by atoms with Gasteiger partial charge in [0.1, 0.15) is 5.82 Å². The van der Waals surface area contributed by atoms with E-state index in [4.69, 9.17) is 0 Å². The molecular formula is C24H31N7O. The lowest BCUT2D eigenvalue weighted by Gasteiger charge is -2.28. The molecule has 2 aliphatic rings. The maximum atomic E-state index is 12.5. The van der Waals surface area contributed by atoms with Crippen LogP contribution in [0.5, 0.6) is 0 Å². The Bertz CT molecular complexity index is 1110. The highest BCUT2D eigenvalue weighted by Gasteiger charge is 2.30. The van der Waals surface area contributed by atoms with Crippen molar-refractivity contribution in [2.75, 3.05) is 25.5 Å². The summed E-state index contributed by atoms with van der Waals surface area (Å²) in [6.45, 7) is 4.31. The van der Waals surface area contributed by atoms with Crippen LogP contribution >= 0.6 is 0 Å². The summed E-state index contributed by atoms with van der Waals surface area (Å²) in [5.74, 6) is 0.526. The number of carbonyl (C=O) groups is 1. The molecule has 0 unspecified atom stereocenters. The van der Waals surface area contributed by atoms with E-state index in [2.05, 4.69) is 55.5 Å². The van der Waals surface area contributed by atoms with Gasteiger partial charge in [0.2, 0.25) is 0 Å². The standard InChI is InChI=1S/C24H31N7O/c1-24(9-3-4-10-24)29-23(32)28-22-6-5-20-21(27-22)13-17(14-25-20)18-15-26-31(16-18)19-7-11-30(2)12-8-19/h5-6,13-16,19H,3-4,7-12H2,1-2H3,(H2,27,28,29,32). The largest absolute Gasteiger partial charge is 0.333 e. The minimum absolute atomic E-state index is 0.121. The van der Waals surface area contributed by atoms with Crippen molar-refractivity contribution in [3.05, 3.63) is 36.8 Å². The molecule has 8 nitrogen and oxygen atoms in total. The van der Waals surface area contributed by atoms with Crippen LogP contribution in [0, 0.1) is 0 Å². The highest BCUT2D eigenvalue weighted by Crippen LogP contribution is 2.29. The topological polar surface area (TPSA) is 88.0 Å². The summed E-state index contributed by atoms with van der Waals surface area (Å²) in [5.41, 5.74) is 3.43. The van der Waals surface area contributed by atoms with Crippen molar-refractivity contribution in [2.24, 2.45) is 0 Å². The number of nitrogens with one attached hydrogen (secondary N) is 2. The maximum Gasteiger partial charge on any atom is 0.320 e. The third-order valence-electron chi connectivity index (χ3n) is 6.90. The predicted octanol–water partition coefficient (Wildman–Crippen LogP) is 4.21. The van der Waals surface area contributed by atoms with E-state index in [1.165, 1.54) is 0 Å². The third kappa shape index (κ3) is 4.46. The van der Waals surface area contributed by atoms with E-state index in [0.717, 1.165) is 73.8 Å². The summed E-state index contributed by atoms with van der Waals surface area (Å²) in [5, 5.41) is 10.6. The number of likely N-dealkylation sites (tertiary alicyclic amines) is 1. The molecule has 4 heterocycles. The fourth-order valence-electron chi connectivity index (χ4n) is 4.88. The molecule has 32 heavy (non-hydrogen) atoms. The van der Waals surface area contributed by atoms with Crippen LogP contribution < -0.4 is 10.6 Å². The van der Waals surface area contributed by atoms with Crippen LogP contribution in [0.2, 0.25) is 0 Å². The molecule has 2 fully saturated rings. The molecule has 2 N–H and O–H groups in total. The van der Waals surface area contributed by atoms with Crippen LogP contribution in [0.4, 0.5) is 10.6 Å². The van der Waals surface area contributed by atoms with Gasteiger partial charge in [0.05, 0.1) is 23.3 Å². The van der Waals surface area contributed by atoms with Crippen molar-refractivity contribution >= 4 is 22.9 Å². The first-order chi connectivity index (χ1) is 15.5. The van der Waals surface area contributed by atoms with Crippen molar-refractivity contribution in [1.29, 1.82) is 0 Å². The van der Waals surface area contributed by atoms with E-state index < -0.39 is 0 Å². The quantitative estimate of drug-likeness (QED) is 0.643. The molecule has 1 aliphatic heterocycles. The zero-order valence-electron chi connectivity index (χ0n) is 18.8. The number of nitrogens with zero attached hydrogens (tertiary/aromatic N) is 5. The predicted molar refractivity (Wildman–Crippen MR) is 126 cm³/mol. The van der Waals surface area contributed by atoms with Gasteiger partial charge in [-0.05, 0) is 70.9 Å². The van der Waals surface area contributed by atoms with Crippen molar-refractivity contribution in [1.82, 2.24) is 30.0 Å². The highest BCUT2D eigenvalue weighted by molar-refractivity contribution is 5.90. The monoisotopic (exact) mass is 433 g/mol. The first-order valence-electron chi connectivity index (χ1n) is 11.6. The number of pyridine rings is 2. The van der Waals surface area contributed by atoms with Gasteiger partial charge in [0.25, 0.3) is 0 Å². The van der Waals surface area contributed by atoms with Gasteiger partial charge in [-0.1, -0.05) is 12.8 Å². The summed E-state index contributed by atoms with van der Waals surface area (Å²) in [6, 6.07) is 5.94. The lowest BCUT2D eigenvalue weighted by atomic mass is 10.0. The minimum atomic E-state index is -0.204. The number of hydrogen-bond donors (Lipinski definition) is 2. The Morgan fingerprint density at radius 1 is 1.09 bits per heavy atom. The van der Waals surface area contributed by atoms with Gasteiger partial charge in [-0.25, -0.2) is 9.78 Å². The zero-order valence-corrected chi connectivity index (χ0v) is 18.8. The van der Waals surface area contributed by atoms with E-state index in [1.807, 2.05) is 24.5 Å². The second kappa shape index (κ2) is 8.50. The summed E-state index contributed by atoms with van der Waals surface area (Å²) in [6.07, 6.45) is 12.5. The molecule has 5 rings (SSSR count). The van der Waals surface area contributed by atoms with Crippen LogP contribution in [0.3, 0.4) is 0 Å². The van der Waals surface area contributed by atoms with Crippen molar-refractivity contribution < 1.29 is 4.79 Å². The fourth-order valence-corrected chi connectivity index (χ4v) is 4.88. The number of aromatic nitrogens is 4. The number of carbonyl (C=O) groups excluding carboxylic acids is 1. The van der Waals surface area contributed by atoms with Gasteiger partial charge < -0.3 is 10.2 Å². The number of hydrogen-bond acceptors (Lipinski definition) is 5. The van der Waals surface area contributed by atoms with Crippen molar-refractivity contribution in [3.63, 3.8) is 0 Å². The Morgan fingerprint density at radius 3 is 2.66 bits per heavy atom. The molecule has 2 amide bonds. The fraction of sp³-hybridized carbons (Fsp3) is 0.500. The Hall–Kier alpha value is -3.00. The SMILES string of the molecule is CN1CCC(n2cc(-c3cnc4ccc(NC(=O)NC5(C)CCCC5)nc4c3)cn2)CC1. The smallest absolute Gasteiger partial charge is 0.320 e. The van der Waals surface area contributed by atoms with Crippen LogP contribution in [0.15, 0.2) is 36.8 Å². The van der Waals surface area contributed by atoms with E-state index in [0.29, 0.717) is 11.9 Å². The summed E-state index contributed by atoms with van der Waals surface area (Å²) < 4.78 is 2.09. The molecule has 1 saturated carbocycles. The van der Waals surface area contributed by atoms with Gasteiger partial charge in [0.15, 0.2) is 0 Å². The second-order valence-corrected chi connectivity index (χ2v) is 9.55. The van der Waals surface area contributed by atoms with E-state index in [9.17, 15) is 4.79 Å². The Labute approximate surface area is 188 Å². The molecule has 3 aromatic rings. The molecule has 168 valence electrons. The van der Waals surface area contributed by atoms with Gasteiger partial charge >= 0.3 is 6.03 Å². The lowest BCUT2D eigenvalue weighted by Crippen LogP contribution is -2.45. The molecule has 0 spiro atoms. The molecule has 8 heteroatoms. The highest BCUT2D eigenvalue weighted by atomic mass is 16.2. The van der Waals surface area contributed by atoms with Gasteiger partial charge in [-0.3, -0.25) is 15.0 Å². The van der Waals surface area contributed by atoms with Crippen LogP contribution in [0.1, 0.15) is 51.5 Å². The van der Waals surface area contributed by atoms with Crippen molar-refractivity contribution in [2.45, 2.75) is 57.0 Å². The number of piperidine rings is 1. The second-order valence-electron chi connectivity index (χ2n) is 9.55. The lowest BCUT2D eigenvalue weighted by molar-refractivity contribution is 0.212. The van der Waals surface area contributed by atoms with Gasteiger partial charge in [0, 0.05) is 29.1 Å². The van der Waals surface area contributed by atoms with E-state index >= 15 is 0 Å². The summed E-state index contributed by atoms with van der Waals surface area (Å²) >= 11 is 0. The van der Waals surface area contributed by atoms with Gasteiger partial charge in [-0.2, -0.15) is 5.10 Å². The summed E-state index contributed by atoms with van der Waals surface area (Å²) in [7, 11) is 2.17. The van der Waals surface area contributed by atoms with Crippen LogP contribution in [-0.2, 0) is 0 Å². The maximum absolute atomic E-state index is 12.5. The Kier molecular flexibility index (Phi) is 5.55. The molecular weight excluding hydrogens is 402 g/mol. The molecule has 0 atom stereocenters. The number of anilines is 1. The average Bonchev–Trinajstić information content (AvgIpc) is 3.43. The van der Waals surface area contributed by atoms with Crippen LogP contribution in [0.25, 0.3) is 22.2 Å². The molecule has 1 aliphatic carbocycles. The molecule has 0 bridgehead atoms. The normalized spacial score (nSPS) is 19.3. The molecule has 1 saturated heterocycles. The number of rotatable bonds is 4. The number of urea groups is 1. The Balaban J connectivity index is 1.32. The number of fused-ring (bicyclic) bond motifs is 1.